The van der Waals surface area contributed by atoms with Gasteiger partial charge in [-0.15, -0.1) is 0 Å². The zero-order chi connectivity index (χ0) is 22.8. The first-order valence-electron chi connectivity index (χ1n) is 10.3. The Morgan fingerprint density at radius 3 is 2.39 bits per heavy atom. The topological polar surface area (TPSA) is 79.0 Å². The molecule has 0 spiro atoms. The number of nitrogens with zero attached hydrogens (tertiary/aromatic N) is 2. The van der Waals surface area contributed by atoms with Crippen molar-refractivity contribution in [1.82, 2.24) is 15.1 Å². The number of methoxy groups -OCH3 is 1. The second kappa shape index (κ2) is 8.79. The van der Waals surface area contributed by atoms with Gasteiger partial charge in [-0.25, -0.2) is 4.79 Å². The molecule has 0 radical (unpaired) electrons. The molecule has 0 aromatic heterocycles. The van der Waals surface area contributed by atoms with Crippen LogP contribution in [0, 0.1) is 0 Å². The summed E-state index contributed by atoms with van der Waals surface area (Å²) < 4.78 is 5.33. The van der Waals surface area contributed by atoms with Crippen LogP contribution in [0.3, 0.4) is 0 Å². The van der Waals surface area contributed by atoms with E-state index in [9.17, 15) is 14.4 Å². The zero-order valence-corrected chi connectivity index (χ0v) is 18.6. The predicted molar refractivity (Wildman–Crippen MR) is 118 cm³/mol. The van der Waals surface area contributed by atoms with Gasteiger partial charge >= 0.3 is 6.03 Å². The van der Waals surface area contributed by atoms with E-state index in [0.29, 0.717) is 23.8 Å². The van der Waals surface area contributed by atoms with E-state index in [-0.39, 0.29) is 12.5 Å². The summed E-state index contributed by atoms with van der Waals surface area (Å²) in [6.45, 7) is 5.83. The average molecular weight is 424 g/mol. The molecule has 1 N–H and O–H groups in total. The number of rotatable bonds is 7. The van der Waals surface area contributed by atoms with Crippen LogP contribution in [0.2, 0.25) is 0 Å². The minimum Gasteiger partial charge on any atom is -0.496 e. The molecule has 2 aromatic carbocycles. The highest BCUT2D eigenvalue weighted by atomic mass is 16.5. The van der Waals surface area contributed by atoms with Gasteiger partial charge in [-0.2, -0.15) is 0 Å². The molecule has 3 rings (SSSR count). The normalized spacial score (nSPS) is 18.3. The number of imide groups is 1. The van der Waals surface area contributed by atoms with Crippen LogP contribution in [0.15, 0.2) is 48.5 Å². The molecule has 1 aliphatic heterocycles. The number of carbonyl (C=O) groups excluding carboxylic acids is 3. The number of amides is 4. The molecule has 0 bridgehead atoms. The summed E-state index contributed by atoms with van der Waals surface area (Å²) in [5.41, 5.74) is 1.48. The molecule has 164 valence electrons. The molecule has 1 fully saturated rings. The summed E-state index contributed by atoms with van der Waals surface area (Å²) in [7, 11) is 3.21. The molecule has 2 aromatic rings. The highest BCUT2D eigenvalue weighted by Gasteiger charge is 2.49. The van der Waals surface area contributed by atoms with Crippen LogP contribution in [-0.4, -0.2) is 48.3 Å². The van der Waals surface area contributed by atoms with E-state index in [1.807, 2.05) is 48.5 Å². The number of ether oxygens (including phenoxy) is 1. The molecule has 7 heteroatoms. The highest BCUT2D eigenvalue weighted by Crippen LogP contribution is 2.30. The second-order valence-corrected chi connectivity index (χ2v) is 8.28. The Kier molecular flexibility index (Phi) is 6.34. The van der Waals surface area contributed by atoms with Crippen molar-refractivity contribution in [2.75, 3.05) is 20.7 Å². The van der Waals surface area contributed by atoms with E-state index in [1.165, 1.54) is 4.90 Å². The van der Waals surface area contributed by atoms with E-state index in [2.05, 4.69) is 19.2 Å². The Bertz CT molecular complexity index is 987. The van der Waals surface area contributed by atoms with E-state index in [0.717, 1.165) is 16.0 Å². The van der Waals surface area contributed by atoms with Gasteiger partial charge in [-0.3, -0.25) is 14.5 Å². The Labute approximate surface area is 183 Å². The van der Waals surface area contributed by atoms with Gasteiger partial charge < -0.3 is 15.0 Å². The van der Waals surface area contributed by atoms with Crippen molar-refractivity contribution >= 4 is 17.8 Å². The lowest BCUT2D eigenvalue weighted by atomic mass is 9.90. The molecule has 0 aliphatic carbocycles. The first-order chi connectivity index (χ1) is 14.7. The van der Waals surface area contributed by atoms with Crippen molar-refractivity contribution in [3.8, 4) is 5.75 Å². The Balaban J connectivity index is 1.72. The number of likely N-dealkylation sites (N-methyl/N-ethyl adjacent to an activating group) is 1. The van der Waals surface area contributed by atoms with Crippen LogP contribution in [0.25, 0.3) is 0 Å². The number of hydrogen-bond acceptors (Lipinski definition) is 4. The van der Waals surface area contributed by atoms with E-state index in [1.54, 1.807) is 21.1 Å². The third-order valence-corrected chi connectivity index (χ3v) is 5.75. The number of para-hydroxylation sites is 1. The molecule has 1 atom stereocenters. The fraction of sp³-hybridized carbons (Fsp3) is 0.375. The van der Waals surface area contributed by atoms with Crippen LogP contribution in [0.4, 0.5) is 4.79 Å². The van der Waals surface area contributed by atoms with Crippen molar-refractivity contribution in [3.05, 3.63) is 65.2 Å². The lowest BCUT2D eigenvalue weighted by Gasteiger charge is -2.24. The number of urea groups is 1. The van der Waals surface area contributed by atoms with E-state index >= 15 is 0 Å². The van der Waals surface area contributed by atoms with Gasteiger partial charge in [0, 0.05) is 19.2 Å². The van der Waals surface area contributed by atoms with Crippen molar-refractivity contribution in [2.24, 2.45) is 0 Å². The Hall–Kier alpha value is -3.35. The predicted octanol–water partition coefficient (Wildman–Crippen LogP) is 3.24. The average Bonchev–Trinajstić information content (AvgIpc) is 2.98. The standard InChI is InChI=1S/C24H29N3O4/c1-16(2)17-10-12-19(13-11-17)24(3)22(29)27(23(30)25-24)15-21(28)26(4)14-18-8-6-7-9-20(18)31-5/h6-13,16H,14-15H2,1-5H3,(H,25,30). The molecule has 4 amide bonds. The fourth-order valence-corrected chi connectivity index (χ4v) is 3.67. The van der Waals surface area contributed by atoms with Crippen LogP contribution >= 0.6 is 0 Å². The first-order valence-corrected chi connectivity index (χ1v) is 10.3. The van der Waals surface area contributed by atoms with Gasteiger partial charge in [-0.1, -0.05) is 56.3 Å². The largest absolute Gasteiger partial charge is 0.496 e. The van der Waals surface area contributed by atoms with Crippen molar-refractivity contribution < 1.29 is 19.1 Å². The number of nitrogens with one attached hydrogen (secondary N) is 1. The van der Waals surface area contributed by atoms with Gasteiger partial charge in [-0.05, 0) is 30.0 Å². The van der Waals surface area contributed by atoms with Crippen LogP contribution in [0.5, 0.6) is 5.75 Å². The lowest BCUT2D eigenvalue weighted by Crippen LogP contribution is -2.43. The van der Waals surface area contributed by atoms with E-state index < -0.39 is 17.5 Å². The summed E-state index contributed by atoms with van der Waals surface area (Å²) in [4.78, 5) is 40.9. The number of hydrogen-bond donors (Lipinski definition) is 1. The number of carbonyl (C=O) groups is 3. The SMILES string of the molecule is COc1ccccc1CN(C)C(=O)CN1C(=O)NC(C)(c2ccc(C(C)C)cc2)C1=O. The minimum atomic E-state index is -1.20. The second-order valence-electron chi connectivity index (χ2n) is 8.28. The summed E-state index contributed by atoms with van der Waals surface area (Å²) in [6.07, 6.45) is 0. The lowest BCUT2D eigenvalue weighted by molar-refractivity contribution is -0.138. The molecule has 0 saturated carbocycles. The maximum absolute atomic E-state index is 13.1. The Morgan fingerprint density at radius 2 is 1.77 bits per heavy atom. The van der Waals surface area contributed by atoms with Gasteiger partial charge in [0.25, 0.3) is 5.91 Å². The van der Waals surface area contributed by atoms with Crippen molar-refractivity contribution in [1.29, 1.82) is 0 Å². The van der Waals surface area contributed by atoms with Gasteiger partial charge in [0.05, 0.1) is 7.11 Å². The van der Waals surface area contributed by atoms with Crippen LogP contribution < -0.4 is 10.1 Å². The summed E-state index contributed by atoms with van der Waals surface area (Å²) in [6, 6.07) is 14.5. The van der Waals surface area contributed by atoms with E-state index in [4.69, 9.17) is 4.74 Å². The molecule has 7 nitrogen and oxygen atoms in total. The number of benzene rings is 2. The quantitative estimate of drug-likeness (QED) is 0.694. The summed E-state index contributed by atoms with van der Waals surface area (Å²) in [5.74, 6) is 0.265. The fourth-order valence-electron chi connectivity index (χ4n) is 3.67. The molecule has 1 aliphatic rings. The third-order valence-electron chi connectivity index (χ3n) is 5.75. The van der Waals surface area contributed by atoms with Crippen LogP contribution in [-0.2, 0) is 21.7 Å². The summed E-state index contributed by atoms with van der Waals surface area (Å²) in [5, 5.41) is 2.75. The van der Waals surface area contributed by atoms with Gasteiger partial charge in [0.2, 0.25) is 5.91 Å². The van der Waals surface area contributed by atoms with Crippen molar-refractivity contribution in [3.63, 3.8) is 0 Å². The molecule has 1 saturated heterocycles. The molecule has 1 unspecified atom stereocenters. The molecular weight excluding hydrogens is 394 g/mol. The van der Waals surface area contributed by atoms with Gasteiger partial charge in [0.15, 0.2) is 0 Å². The maximum Gasteiger partial charge on any atom is 0.325 e. The highest BCUT2D eigenvalue weighted by molar-refractivity contribution is 6.09. The molecule has 1 heterocycles. The van der Waals surface area contributed by atoms with Crippen molar-refractivity contribution in [2.45, 2.75) is 38.8 Å². The zero-order valence-electron chi connectivity index (χ0n) is 18.6. The van der Waals surface area contributed by atoms with Gasteiger partial charge in [0.1, 0.15) is 17.8 Å². The van der Waals surface area contributed by atoms with Crippen LogP contribution in [0.1, 0.15) is 43.4 Å². The molecular formula is C24H29N3O4. The minimum absolute atomic E-state index is 0.306. The molecule has 31 heavy (non-hydrogen) atoms. The monoisotopic (exact) mass is 423 g/mol. The maximum atomic E-state index is 13.1. The Morgan fingerprint density at radius 1 is 1.13 bits per heavy atom. The smallest absolute Gasteiger partial charge is 0.325 e. The summed E-state index contributed by atoms with van der Waals surface area (Å²) >= 11 is 0. The first kappa shape index (κ1) is 22.3. The third kappa shape index (κ3) is 4.40.